The number of thiophene rings is 1. The Morgan fingerprint density at radius 2 is 1.77 bits per heavy atom. The van der Waals surface area contributed by atoms with Crippen LogP contribution < -0.4 is 5.32 Å². The molecule has 0 bridgehead atoms. The van der Waals surface area contributed by atoms with E-state index in [1.54, 1.807) is 9.80 Å². The third kappa shape index (κ3) is 7.02. The van der Waals surface area contributed by atoms with E-state index < -0.39 is 40.6 Å². The summed E-state index contributed by atoms with van der Waals surface area (Å²) in [4.78, 5) is 46.5. The lowest BCUT2D eigenvalue weighted by atomic mass is 10.0. The minimum Gasteiger partial charge on any atom is -0.506 e. The fourth-order valence-corrected chi connectivity index (χ4v) is 7.06. The van der Waals surface area contributed by atoms with E-state index in [-0.39, 0.29) is 43.2 Å². The van der Waals surface area contributed by atoms with Crippen LogP contribution in [0.4, 0.5) is 28.4 Å². The zero-order valence-corrected chi connectivity index (χ0v) is 26.0. The van der Waals surface area contributed by atoms with Crippen LogP contribution in [0.1, 0.15) is 42.4 Å². The molecule has 240 valence electrons. The molecule has 0 spiro atoms. The number of nitrogens with zero attached hydrogens (tertiary/aromatic N) is 4. The van der Waals surface area contributed by atoms with Crippen molar-refractivity contribution in [2.75, 3.05) is 45.6 Å². The van der Waals surface area contributed by atoms with Crippen LogP contribution in [0.2, 0.25) is 5.02 Å². The first-order chi connectivity index (χ1) is 20.8. The minimum atomic E-state index is -4.88. The van der Waals surface area contributed by atoms with Crippen molar-refractivity contribution >= 4 is 46.7 Å². The Balaban J connectivity index is 1.28. The predicted molar refractivity (Wildman–Crippen MR) is 159 cm³/mol. The summed E-state index contributed by atoms with van der Waals surface area (Å²) in [6.07, 6.45) is -4.98. The highest BCUT2D eigenvalue weighted by Crippen LogP contribution is 2.40. The number of amides is 4. The molecular formula is C29H35ClF3N5O5S. The number of carbonyl (C=O) groups is 3. The van der Waals surface area contributed by atoms with E-state index in [4.69, 9.17) is 16.3 Å². The molecule has 1 aromatic carbocycles. The Morgan fingerprint density at radius 1 is 1.11 bits per heavy atom. The number of hydrogen-bond donors (Lipinski definition) is 2. The van der Waals surface area contributed by atoms with Gasteiger partial charge in [-0.1, -0.05) is 11.6 Å². The molecule has 1 atom stereocenters. The number of carbonyl (C=O) groups excluding carboxylic acids is 3. The molecule has 0 aliphatic carbocycles. The van der Waals surface area contributed by atoms with Gasteiger partial charge >= 0.3 is 18.3 Å². The second kappa shape index (κ2) is 13.0. The summed E-state index contributed by atoms with van der Waals surface area (Å²) in [6.45, 7) is 1.87. The number of ether oxygens (including phenoxy) is 1. The molecule has 2 N–H and O–H groups in total. The number of nitrogens with one attached hydrogen (secondary N) is 1. The minimum absolute atomic E-state index is 0.00271. The van der Waals surface area contributed by atoms with Crippen LogP contribution in [0, 0.1) is 0 Å². The SMILES string of the molecule is CN(C)C1CCN(C(=O)[C@@H](Cc2cc(Cl)c(O)c(C(F)(F)F)c2)OC(=O)N2CCC(N3Cc4cscc4NC3=O)CC2)CC1. The zero-order valence-electron chi connectivity index (χ0n) is 24.4. The zero-order chi connectivity index (χ0) is 31.8. The Bertz CT molecular complexity index is 1390. The Labute approximate surface area is 262 Å². The number of benzene rings is 1. The van der Waals surface area contributed by atoms with Crippen LogP contribution in [0.5, 0.6) is 5.75 Å². The Kier molecular flexibility index (Phi) is 9.52. The third-order valence-corrected chi connectivity index (χ3v) is 9.70. The summed E-state index contributed by atoms with van der Waals surface area (Å²) in [5.74, 6) is -1.60. The monoisotopic (exact) mass is 657 g/mol. The van der Waals surface area contributed by atoms with Crippen LogP contribution in [0.25, 0.3) is 0 Å². The van der Waals surface area contributed by atoms with Crippen LogP contribution in [-0.2, 0) is 28.7 Å². The van der Waals surface area contributed by atoms with E-state index in [1.807, 2.05) is 24.9 Å². The van der Waals surface area contributed by atoms with Crippen LogP contribution in [0.15, 0.2) is 22.9 Å². The molecule has 5 rings (SSSR count). The Hall–Kier alpha value is -3.23. The maximum absolute atomic E-state index is 13.7. The number of rotatable bonds is 6. The van der Waals surface area contributed by atoms with Gasteiger partial charge in [-0.3, -0.25) is 4.79 Å². The van der Waals surface area contributed by atoms with Gasteiger partial charge in [0.2, 0.25) is 0 Å². The topological polar surface area (TPSA) is 106 Å². The summed E-state index contributed by atoms with van der Waals surface area (Å²) in [6, 6.07) is 1.86. The first-order valence-corrected chi connectivity index (χ1v) is 15.8. The fourth-order valence-electron chi connectivity index (χ4n) is 6.04. The smallest absolute Gasteiger partial charge is 0.420 e. The van der Waals surface area contributed by atoms with Gasteiger partial charge < -0.3 is 34.8 Å². The summed E-state index contributed by atoms with van der Waals surface area (Å²) in [5, 5.41) is 16.2. The predicted octanol–water partition coefficient (Wildman–Crippen LogP) is 5.24. The molecule has 15 heteroatoms. The quantitative estimate of drug-likeness (QED) is 0.441. The third-order valence-electron chi connectivity index (χ3n) is 8.62. The molecule has 0 radical (unpaired) electrons. The molecule has 44 heavy (non-hydrogen) atoms. The van der Waals surface area contributed by atoms with Gasteiger partial charge in [0, 0.05) is 55.6 Å². The number of anilines is 1. The van der Waals surface area contributed by atoms with Crippen molar-refractivity contribution in [1.82, 2.24) is 19.6 Å². The first kappa shape index (κ1) is 32.2. The molecular weight excluding hydrogens is 623 g/mol. The van der Waals surface area contributed by atoms with Gasteiger partial charge in [0.25, 0.3) is 5.91 Å². The number of phenols is 1. The van der Waals surface area contributed by atoms with Crippen molar-refractivity contribution < 1.29 is 37.4 Å². The summed E-state index contributed by atoms with van der Waals surface area (Å²) in [7, 11) is 3.92. The molecule has 2 fully saturated rings. The van der Waals surface area contributed by atoms with Crippen molar-refractivity contribution in [2.45, 2.75) is 63.0 Å². The molecule has 0 saturated carbocycles. The number of alkyl halides is 3. The van der Waals surface area contributed by atoms with Crippen LogP contribution >= 0.6 is 22.9 Å². The van der Waals surface area contributed by atoms with Gasteiger partial charge in [-0.05, 0) is 62.9 Å². The first-order valence-electron chi connectivity index (χ1n) is 14.4. The van der Waals surface area contributed by atoms with Crippen LogP contribution in [0.3, 0.4) is 0 Å². The maximum Gasteiger partial charge on any atom is 0.420 e. The molecule has 10 nitrogen and oxygen atoms in total. The molecule has 3 aliphatic heterocycles. The second-order valence-corrected chi connectivity index (χ2v) is 12.8. The molecule has 4 amide bonds. The van der Waals surface area contributed by atoms with Gasteiger partial charge in [-0.15, -0.1) is 11.3 Å². The van der Waals surface area contributed by atoms with Gasteiger partial charge in [0.15, 0.2) is 6.10 Å². The maximum atomic E-state index is 13.7. The van der Waals surface area contributed by atoms with Crippen molar-refractivity contribution in [3.8, 4) is 5.75 Å². The lowest BCUT2D eigenvalue weighted by Gasteiger charge is -2.40. The normalized spacial score (nSPS) is 19.2. The number of aromatic hydroxyl groups is 1. The molecule has 3 aliphatic rings. The van der Waals surface area contributed by atoms with Gasteiger partial charge in [-0.25, -0.2) is 9.59 Å². The number of halogens is 4. The highest BCUT2D eigenvalue weighted by atomic mass is 35.5. The number of likely N-dealkylation sites (tertiary alicyclic amines) is 2. The molecule has 4 heterocycles. The number of phenolic OH excluding ortho intramolecular Hbond substituents is 1. The highest BCUT2D eigenvalue weighted by molar-refractivity contribution is 7.08. The second-order valence-electron chi connectivity index (χ2n) is 11.7. The molecule has 2 aromatic rings. The van der Waals surface area contributed by atoms with E-state index in [0.717, 1.165) is 23.4 Å². The molecule has 2 saturated heterocycles. The van der Waals surface area contributed by atoms with E-state index >= 15 is 0 Å². The lowest BCUT2D eigenvalue weighted by molar-refractivity contribution is -0.142. The number of urea groups is 1. The van der Waals surface area contributed by atoms with Gasteiger partial charge in [0.05, 0.1) is 22.8 Å². The highest BCUT2D eigenvalue weighted by Gasteiger charge is 2.38. The van der Waals surface area contributed by atoms with Crippen molar-refractivity contribution in [3.63, 3.8) is 0 Å². The average Bonchev–Trinajstić information content (AvgIpc) is 3.44. The van der Waals surface area contributed by atoms with Gasteiger partial charge in [-0.2, -0.15) is 13.2 Å². The van der Waals surface area contributed by atoms with Gasteiger partial charge in [0.1, 0.15) is 5.75 Å². The summed E-state index contributed by atoms with van der Waals surface area (Å²) >= 11 is 7.44. The van der Waals surface area contributed by atoms with E-state index in [0.29, 0.717) is 45.3 Å². The number of hydrogen-bond acceptors (Lipinski definition) is 7. The van der Waals surface area contributed by atoms with E-state index in [2.05, 4.69) is 10.2 Å². The van der Waals surface area contributed by atoms with Crippen molar-refractivity contribution in [2.24, 2.45) is 0 Å². The van der Waals surface area contributed by atoms with E-state index in [1.165, 1.54) is 16.2 Å². The van der Waals surface area contributed by atoms with Crippen molar-refractivity contribution in [3.05, 3.63) is 44.6 Å². The standard InChI is InChI=1S/C29H35ClF3N5O5S/c1-35(2)19-3-7-36(8-4-19)26(40)24(13-17-11-21(29(31,32)33)25(39)22(30)12-17)43-28(42)37-9-5-20(6-10-37)38-14-18-15-44-16-23(18)34-27(38)41/h11-12,15-16,19-20,24,39H,3-10,13-14H2,1-2H3,(H,34,41)/t24-/m1/s1. The summed E-state index contributed by atoms with van der Waals surface area (Å²) < 4.78 is 46.5. The molecule has 1 aromatic heterocycles. The fraction of sp³-hybridized carbons (Fsp3) is 0.552. The lowest BCUT2D eigenvalue weighted by Crippen LogP contribution is -2.52. The molecule has 0 unspecified atom stereocenters. The van der Waals surface area contributed by atoms with E-state index in [9.17, 15) is 32.7 Å². The Morgan fingerprint density at radius 3 is 2.41 bits per heavy atom. The number of fused-ring (bicyclic) bond motifs is 1. The largest absolute Gasteiger partial charge is 0.506 e. The average molecular weight is 658 g/mol. The summed E-state index contributed by atoms with van der Waals surface area (Å²) in [5.41, 5.74) is 0.520. The van der Waals surface area contributed by atoms with Crippen molar-refractivity contribution in [1.29, 1.82) is 0 Å². The van der Waals surface area contributed by atoms with Crippen LogP contribution in [-0.4, -0.2) is 101 Å². The number of piperidine rings is 2.